The molecule has 1 amide bonds. The van der Waals surface area contributed by atoms with Crippen LogP contribution in [0.25, 0.3) is 6.08 Å². The average molecular weight is 278 g/mol. The second-order valence-corrected chi connectivity index (χ2v) is 4.37. The molecule has 2 rings (SSSR count). The summed E-state index contributed by atoms with van der Waals surface area (Å²) in [7, 11) is 0. The van der Waals surface area contributed by atoms with E-state index in [0.29, 0.717) is 11.4 Å². The molecule has 7 nitrogen and oxygen atoms in total. The van der Waals surface area contributed by atoms with Crippen molar-refractivity contribution in [1.29, 1.82) is 0 Å². The molecular formula is C13H14N2O5. The number of pyridine rings is 1. The topological polar surface area (TPSA) is 100.0 Å². The van der Waals surface area contributed by atoms with E-state index < -0.39 is 24.2 Å². The Morgan fingerprint density at radius 2 is 2.25 bits per heavy atom. The Morgan fingerprint density at radius 3 is 2.80 bits per heavy atom. The Kier molecular flexibility index (Phi) is 3.88. The molecule has 1 saturated heterocycles. The van der Waals surface area contributed by atoms with Crippen molar-refractivity contribution in [1.82, 2.24) is 9.88 Å². The third-order valence-corrected chi connectivity index (χ3v) is 3.09. The SMILES string of the molecule is C=Cc1cccnc1O[C@@H]1C[C@@H](C(=O)O)N(C(=O)O)C1. The highest BCUT2D eigenvalue weighted by Gasteiger charge is 2.41. The molecule has 106 valence electrons. The number of rotatable bonds is 4. The molecule has 2 N–H and O–H groups in total. The zero-order valence-electron chi connectivity index (χ0n) is 10.6. The van der Waals surface area contributed by atoms with E-state index >= 15 is 0 Å². The number of carbonyl (C=O) groups is 2. The lowest BCUT2D eigenvalue weighted by atomic mass is 10.2. The summed E-state index contributed by atoms with van der Waals surface area (Å²) < 4.78 is 5.61. The lowest BCUT2D eigenvalue weighted by Crippen LogP contribution is -2.39. The van der Waals surface area contributed by atoms with Crippen LogP contribution in [-0.2, 0) is 4.79 Å². The molecule has 1 aromatic heterocycles. The highest BCUT2D eigenvalue weighted by molar-refractivity contribution is 5.80. The summed E-state index contributed by atoms with van der Waals surface area (Å²) in [6, 6.07) is 2.39. The van der Waals surface area contributed by atoms with Gasteiger partial charge in [-0.15, -0.1) is 0 Å². The summed E-state index contributed by atoms with van der Waals surface area (Å²) >= 11 is 0. The van der Waals surface area contributed by atoms with E-state index in [1.54, 1.807) is 24.4 Å². The minimum absolute atomic E-state index is 0.000539. The fraction of sp³-hybridized carbons (Fsp3) is 0.308. The van der Waals surface area contributed by atoms with Gasteiger partial charge in [-0.25, -0.2) is 14.6 Å². The molecule has 1 fully saturated rings. The predicted molar refractivity (Wildman–Crippen MR) is 69.5 cm³/mol. The third-order valence-electron chi connectivity index (χ3n) is 3.09. The number of carboxylic acids is 1. The van der Waals surface area contributed by atoms with Gasteiger partial charge in [0.25, 0.3) is 0 Å². The van der Waals surface area contributed by atoms with Crippen LogP contribution in [0.15, 0.2) is 24.9 Å². The van der Waals surface area contributed by atoms with Gasteiger partial charge >= 0.3 is 12.1 Å². The van der Waals surface area contributed by atoms with E-state index in [0.717, 1.165) is 4.90 Å². The van der Waals surface area contributed by atoms with Gasteiger partial charge in [0.15, 0.2) is 0 Å². The summed E-state index contributed by atoms with van der Waals surface area (Å²) in [5.74, 6) is -0.854. The van der Waals surface area contributed by atoms with Gasteiger partial charge in [-0.1, -0.05) is 12.7 Å². The molecule has 0 aromatic carbocycles. The average Bonchev–Trinajstić information content (AvgIpc) is 2.84. The first kappa shape index (κ1) is 13.9. The highest BCUT2D eigenvalue weighted by Crippen LogP contribution is 2.24. The number of aliphatic carboxylic acids is 1. The number of hydrogen-bond acceptors (Lipinski definition) is 4. The molecule has 0 aliphatic carbocycles. The van der Waals surface area contributed by atoms with Crippen LogP contribution in [0.3, 0.4) is 0 Å². The normalized spacial score (nSPS) is 21.5. The van der Waals surface area contributed by atoms with Crippen LogP contribution in [0.2, 0.25) is 0 Å². The Labute approximate surface area is 115 Å². The number of hydrogen-bond donors (Lipinski definition) is 2. The maximum atomic E-state index is 11.0. The third kappa shape index (κ3) is 2.71. The van der Waals surface area contributed by atoms with Crippen LogP contribution in [0.1, 0.15) is 12.0 Å². The van der Waals surface area contributed by atoms with Crippen LogP contribution in [0, 0.1) is 0 Å². The Bertz CT molecular complexity index is 523. The zero-order valence-corrected chi connectivity index (χ0v) is 10.6. The van der Waals surface area contributed by atoms with Gasteiger partial charge in [0.2, 0.25) is 5.88 Å². The highest BCUT2D eigenvalue weighted by atomic mass is 16.5. The first-order valence-corrected chi connectivity index (χ1v) is 5.99. The molecule has 0 unspecified atom stereocenters. The Morgan fingerprint density at radius 1 is 1.50 bits per heavy atom. The molecule has 1 aliphatic heterocycles. The number of aromatic nitrogens is 1. The van der Waals surface area contributed by atoms with E-state index in [1.807, 2.05) is 0 Å². The van der Waals surface area contributed by atoms with Crippen molar-refractivity contribution in [3.8, 4) is 5.88 Å². The summed E-state index contributed by atoms with van der Waals surface area (Å²) in [6.45, 7) is 3.63. The molecule has 0 radical (unpaired) electrons. The van der Waals surface area contributed by atoms with E-state index in [2.05, 4.69) is 11.6 Å². The van der Waals surface area contributed by atoms with Gasteiger partial charge in [0.1, 0.15) is 12.1 Å². The number of carboxylic acid groups (broad SMARTS) is 2. The summed E-state index contributed by atoms with van der Waals surface area (Å²) in [4.78, 5) is 27.0. The molecule has 1 aliphatic rings. The molecule has 20 heavy (non-hydrogen) atoms. The van der Waals surface area contributed by atoms with Crippen molar-refractivity contribution >= 4 is 18.1 Å². The fourth-order valence-electron chi connectivity index (χ4n) is 2.14. The van der Waals surface area contributed by atoms with Crippen LogP contribution >= 0.6 is 0 Å². The van der Waals surface area contributed by atoms with Crippen LogP contribution < -0.4 is 4.74 Å². The quantitative estimate of drug-likeness (QED) is 0.861. The van der Waals surface area contributed by atoms with Gasteiger partial charge in [-0.2, -0.15) is 0 Å². The van der Waals surface area contributed by atoms with E-state index in [1.165, 1.54) is 0 Å². The minimum Gasteiger partial charge on any atom is -0.480 e. The molecule has 1 aromatic rings. The molecule has 0 spiro atoms. The maximum Gasteiger partial charge on any atom is 0.408 e. The van der Waals surface area contributed by atoms with E-state index in [9.17, 15) is 9.59 Å². The van der Waals surface area contributed by atoms with Crippen molar-refractivity contribution in [2.24, 2.45) is 0 Å². The summed E-state index contributed by atoms with van der Waals surface area (Å²) in [6.07, 6.45) is 1.39. The van der Waals surface area contributed by atoms with Gasteiger partial charge in [-0.05, 0) is 12.1 Å². The second kappa shape index (κ2) is 5.60. The number of amides is 1. The lowest BCUT2D eigenvalue weighted by Gasteiger charge is -2.16. The standard InChI is InChI=1S/C13H14N2O5/c1-2-8-4-3-5-14-11(8)20-9-6-10(12(16)17)15(7-9)13(18)19/h2-5,9-10H,1,6-7H2,(H,16,17)(H,18,19)/t9-,10+/m1/s1. The molecular weight excluding hydrogens is 264 g/mol. The summed E-state index contributed by atoms with van der Waals surface area (Å²) in [5.41, 5.74) is 0.674. The molecule has 7 heteroatoms. The minimum atomic E-state index is -1.27. The monoisotopic (exact) mass is 278 g/mol. The van der Waals surface area contributed by atoms with Crippen molar-refractivity contribution in [3.63, 3.8) is 0 Å². The van der Waals surface area contributed by atoms with E-state index in [4.69, 9.17) is 14.9 Å². The Balaban J connectivity index is 2.13. The van der Waals surface area contributed by atoms with Crippen LogP contribution in [0.4, 0.5) is 4.79 Å². The Hall–Kier alpha value is -2.57. The predicted octanol–water partition coefficient (Wildman–Crippen LogP) is 1.31. The fourth-order valence-corrected chi connectivity index (χ4v) is 2.14. The largest absolute Gasteiger partial charge is 0.480 e. The first-order chi connectivity index (χ1) is 9.52. The number of likely N-dealkylation sites (tertiary alicyclic amines) is 1. The van der Waals surface area contributed by atoms with Crippen molar-refractivity contribution < 1.29 is 24.5 Å². The van der Waals surface area contributed by atoms with Crippen molar-refractivity contribution in [2.75, 3.05) is 6.54 Å². The lowest BCUT2D eigenvalue weighted by molar-refractivity contribution is -0.141. The smallest absolute Gasteiger partial charge is 0.408 e. The first-order valence-electron chi connectivity index (χ1n) is 5.99. The van der Waals surface area contributed by atoms with Crippen LogP contribution in [0.5, 0.6) is 5.88 Å². The van der Waals surface area contributed by atoms with Crippen molar-refractivity contribution in [2.45, 2.75) is 18.6 Å². The maximum absolute atomic E-state index is 11.0. The van der Waals surface area contributed by atoms with Gasteiger partial charge < -0.3 is 14.9 Å². The van der Waals surface area contributed by atoms with Gasteiger partial charge in [0, 0.05) is 18.2 Å². The number of nitrogens with zero attached hydrogens (tertiary/aromatic N) is 2. The molecule has 2 atom stereocenters. The zero-order chi connectivity index (χ0) is 14.7. The summed E-state index contributed by atoms with van der Waals surface area (Å²) in [5, 5.41) is 18.0. The van der Waals surface area contributed by atoms with Crippen molar-refractivity contribution in [3.05, 3.63) is 30.5 Å². The second-order valence-electron chi connectivity index (χ2n) is 4.37. The van der Waals surface area contributed by atoms with Gasteiger partial charge in [0.05, 0.1) is 6.54 Å². The number of ether oxygens (including phenoxy) is 1. The molecule has 0 bridgehead atoms. The van der Waals surface area contributed by atoms with E-state index in [-0.39, 0.29) is 13.0 Å². The molecule has 0 saturated carbocycles. The molecule has 2 heterocycles. The van der Waals surface area contributed by atoms with Crippen LogP contribution in [-0.4, -0.2) is 50.9 Å². The van der Waals surface area contributed by atoms with Gasteiger partial charge in [-0.3, -0.25) is 4.90 Å².